The summed E-state index contributed by atoms with van der Waals surface area (Å²) in [6.07, 6.45) is 20.6. The molecule has 3 aromatic carbocycles. The van der Waals surface area contributed by atoms with Gasteiger partial charge in [-0.05, 0) is 40.5 Å². The van der Waals surface area contributed by atoms with E-state index in [2.05, 4.69) is 89.4 Å². The SMILES string of the molecule is CCCCCCCCCCCCn1cc[n+](Cc2c3ccccc3cc3ccccc23)c1. The van der Waals surface area contributed by atoms with Crippen LogP contribution >= 0.6 is 0 Å². The van der Waals surface area contributed by atoms with Crippen LogP contribution in [0.1, 0.15) is 76.7 Å². The second-order valence-electron chi connectivity index (χ2n) is 9.30. The zero-order valence-electron chi connectivity index (χ0n) is 19.8. The van der Waals surface area contributed by atoms with Crippen molar-refractivity contribution < 1.29 is 4.57 Å². The quantitative estimate of drug-likeness (QED) is 0.116. The molecule has 0 saturated carbocycles. The predicted molar refractivity (Wildman–Crippen MR) is 137 cm³/mol. The summed E-state index contributed by atoms with van der Waals surface area (Å²) < 4.78 is 4.70. The summed E-state index contributed by atoms with van der Waals surface area (Å²) in [6, 6.07) is 19.9. The van der Waals surface area contributed by atoms with Gasteiger partial charge in [0.2, 0.25) is 6.33 Å². The zero-order valence-corrected chi connectivity index (χ0v) is 19.8. The minimum atomic E-state index is 0.910. The van der Waals surface area contributed by atoms with E-state index in [-0.39, 0.29) is 0 Å². The molecule has 0 aliphatic heterocycles. The number of fused-ring (bicyclic) bond motifs is 2. The van der Waals surface area contributed by atoms with Crippen molar-refractivity contribution >= 4 is 21.5 Å². The average molecular weight is 428 g/mol. The fourth-order valence-electron chi connectivity index (χ4n) is 4.91. The lowest BCUT2D eigenvalue weighted by molar-refractivity contribution is -0.687. The van der Waals surface area contributed by atoms with Crippen LogP contribution in [0.3, 0.4) is 0 Å². The van der Waals surface area contributed by atoms with Crippen molar-refractivity contribution in [2.45, 2.75) is 84.2 Å². The number of imidazole rings is 1. The molecule has 0 amide bonds. The molecule has 4 rings (SSSR count). The Morgan fingerprint density at radius 3 is 1.88 bits per heavy atom. The Balaban J connectivity index is 1.30. The first kappa shape index (κ1) is 22.6. The number of nitrogens with zero attached hydrogens (tertiary/aromatic N) is 2. The summed E-state index contributed by atoms with van der Waals surface area (Å²) in [6.45, 7) is 4.32. The van der Waals surface area contributed by atoms with Crippen LogP contribution in [-0.2, 0) is 13.1 Å². The number of benzene rings is 3. The molecule has 0 atom stereocenters. The normalized spacial score (nSPS) is 11.5. The van der Waals surface area contributed by atoms with Gasteiger partial charge in [0.15, 0.2) is 0 Å². The fourth-order valence-corrected chi connectivity index (χ4v) is 4.91. The Hall–Kier alpha value is -2.61. The molecule has 0 saturated heterocycles. The van der Waals surface area contributed by atoms with E-state index in [1.807, 2.05) is 0 Å². The molecule has 0 spiro atoms. The zero-order chi connectivity index (χ0) is 22.0. The topological polar surface area (TPSA) is 8.81 Å². The van der Waals surface area contributed by atoms with E-state index in [4.69, 9.17) is 0 Å². The lowest BCUT2D eigenvalue weighted by Crippen LogP contribution is -2.31. The first-order valence-corrected chi connectivity index (χ1v) is 12.8. The molecule has 1 aromatic heterocycles. The lowest BCUT2D eigenvalue weighted by Gasteiger charge is -2.10. The number of rotatable bonds is 13. The van der Waals surface area contributed by atoms with Crippen molar-refractivity contribution in [2.75, 3.05) is 0 Å². The van der Waals surface area contributed by atoms with Crippen LogP contribution in [-0.4, -0.2) is 4.57 Å². The molecule has 2 heteroatoms. The minimum absolute atomic E-state index is 0.910. The standard InChI is InChI=1S/C30H39N2/c1-2-3-4-5-6-7-8-9-10-15-20-31-21-22-32(25-31)24-30-28-18-13-11-16-26(28)23-27-17-12-14-19-29(27)30/h11-14,16-19,21-23,25H,2-10,15,20,24H2,1H3/q+1. The van der Waals surface area contributed by atoms with Crippen LogP contribution in [0.15, 0.2) is 73.3 Å². The van der Waals surface area contributed by atoms with Crippen LogP contribution in [0.2, 0.25) is 0 Å². The smallest absolute Gasteiger partial charge is 0.237 e. The number of aromatic nitrogens is 2. The number of aryl methyl sites for hydroxylation is 1. The number of hydrogen-bond donors (Lipinski definition) is 0. The molecule has 0 aliphatic carbocycles. The van der Waals surface area contributed by atoms with Gasteiger partial charge in [-0.2, -0.15) is 0 Å². The Bertz CT molecular complexity index is 1050. The van der Waals surface area contributed by atoms with Gasteiger partial charge in [0.1, 0.15) is 18.9 Å². The molecule has 4 aromatic rings. The summed E-state index contributed by atoms with van der Waals surface area (Å²) >= 11 is 0. The molecule has 0 aliphatic rings. The van der Waals surface area contributed by atoms with E-state index >= 15 is 0 Å². The molecule has 0 unspecified atom stereocenters. The maximum absolute atomic E-state index is 2.36. The third kappa shape index (κ3) is 6.00. The Labute approximate surface area is 193 Å². The van der Waals surface area contributed by atoms with E-state index in [1.54, 1.807) is 0 Å². The molecular formula is C30H39N2+. The fraction of sp³-hybridized carbons (Fsp3) is 0.433. The van der Waals surface area contributed by atoms with Crippen molar-refractivity contribution in [2.24, 2.45) is 0 Å². The highest BCUT2D eigenvalue weighted by Gasteiger charge is 2.11. The predicted octanol–water partition coefficient (Wildman–Crippen LogP) is 8.05. The van der Waals surface area contributed by atoms with Crippen molar-refractivity contribution in [3.8, 4) is 0 Å². The van der Waals surface area contributed by atoms with Gasteiger partial charge >= 0.3 is 0 Å². The molecule has 168 valence electrons. The molecule has 2 nitrogen and oxygen atoms in total. The molecule has 1 heterocycles. The molecule has 0 fully saturated rings. The second-order valence-corrected chi connectivity index (χ2v) is 9.30. The summed E-state index contributed by atoms with van der Waals surface area (Å²) in [7, 11) is 0. The van der Waals surface area contributed by atoms with Crippen molar-refractivity contribution in [1.82, 2.24) is 4.57 Å². The first-order valence-electron chi connectivity index (χ1n) is 12.8. The summed E-state index contributed by atoms with van der Waals surface area (Å²) in [5.41, 5.74) is 1.42. The monoisotopic (exact) mass is 427 g/mol. The van der Waals surface area contributed by atoms with Gasteiger partial charge in [-0.25, -0.2) is 9.13 Å². The van der Waals surface area contributed by atoms with Crippen LogP contribution in [0.5, 0.6) is 0 Å². The molecule has 32 heavy (non-hydrogen) atoms. The minimum Gasteiger partial charge on any atom is -0.237 e. The van der Waals surface area contributed by atoms with Gasteiger partial charge in [0.25, 0.3) is 0 Å². The highest BCUT2D eigenvalue weighted by Crippen LogP contribution is 2.28. The van der Waals surface area contributed by atoms with Crippen LogP contribution in [0.4, 0.5) is 0 Å². The molecular weight excluding hydrogens is 388 g/mol. The number of hydrogen-bond acceptors (Lipinski definition) is 0. The van der Waals surface area contributed by atoms with Crippen molar-refractivity contribution in [3.05, 3.63) is 78.9 Å². The molecule has 0 bridgehead atoms. The van der Waals surface area contributed by atoms with Gasteiger partial charge in [-0.1, -0.05) is 107 Å². The number of unbranched alkanes of at least 4 members (excludes halogenated alkanes) is 9. The Morgan fingerprint density at radius 2 is 1.25 bits per heavy atom. The van der Waals surface area contributed by atoms with E-state index in [1.165, 1.54) is 91.3 Å². The molecule has 0 N–H and O–H groups in total. The van der Waals surface area contributed by atoms with Gasteiger partial charge in [-0.15, -0.1) is 0 Å². The van der Waals surface area contributed by atoms with Gasteiger partial charge in [0.05, 0.1) is 6.54 Å². The van der Waals surface area contributed by atoms with Gasteiger partial charge in [-0.3, -0.25) is 0 Å². The van der Waals surface area contributed by atoms with Gasteiger partial charge in [0, 0.05) is 5.56 Å². The lowest BCUT2D eigenvalue weighted by atomic mass is 9.97. The maximum atomic E-state index is 2.36. The maximum Gasteiger partial charge on any atom is 0.244 e. The third-order valence-electron chi connectivity index (χ3n) is 6.74. The van der Waals surface area contributed by atoms with Crippen LogP contribution in [0.25, 0.3) is 21.5 Å². The summed E-state index contributed by atoms with van der Waals surface area (Å²) in [4.78, 5) is 0. The van der Waals surface area contributed by atoms with Crippen molar-refractivity contribution in [1.29, 1.82) is 0 Å². The highest BCUT2D eigenvalue weighted by molar-refractivity contribution is 6.02. The second kappa shape index (κ2) is 11.9. The van der Waals surface area contributed by atoms with E-state index in [0.29, 0.717) is 0 Å². The van der Waals surface area contributed by atoms with E-state index in [9.17, 15) is 0 Å². The third-order valence-corrected chi connectivity index (χ3v) is 6.74. The van der Waals surface area contributed by atoms with E-state index in [0.717, 1.165) is 13.1 Å². The molecule has 0 radical (unpaired) electrons. The Kier molecular flexibility index (Phi) is 8.36. The largest absolute Gasteiger partial charge is 0.244 e. The summed E-state index contributed by atoms with van der Waals surface area (Å²) in [5, 5.41) is 5.38. The Morgan fingerprint density at radius 1 is 0.688 bits per heavy atom. The van der Waals surface area contributed by atoms with Crippen LogP contribution in [0, 0.1) is 0 Å². The first-order chi connectivity index (χ1) is 15.8. The van der Waals surface area contributed by atoms with E-state index < -0.39 is 0 Å². The average Bonchev–Trinajstić information content (AvgIpc) is 3.27. The van der Waals surface area contributed by atoms with Crippen LogP contribution < -0.4 is 4.57 Å². The van der Waals surface area contributed by atoms with Crippen molar-refractivity contribution in [3.63, 3.8) is 0 Å². The highest BCUT2D eigenvalue weighted by atomic mass is 15.1. The van der Waals surface area contributed by atoms with Gasteiger partial charge < -0.3 is 0 Å². The summed E-state index contributed by atoms with van der Waals surface area (Å²) in [5.74, 6) is 0.